The molecule has 1 aromatic carbocycles. The van der Waals surface area contributed by atoms with Gasteiger partial charge in [0.15, 0.2) is 0 Å². The zero-order valence-electron chi connectivity index (χ0n) is 10.3. The van der Waals surface area contributed by atoms with E-state index in [9.17, 15) is 5.11 Å². The van der Waals surface area contributed by atoms with Gasteiger partial charge in [-0.15, -0.1) is 0 Å². The summed E-state index contributed by atoms with van der Waals surface area (Å²) < 4.78 is 0. The Kier molecular flexibility index (Phi) is 4.90. The van der Waals surface area contributed by atoms with Crippen molar-refractivity contribution in [3.63, 3.8) is 0 Å². The van der Waals surface area contributed by atoms with Crippen molar-refractivity contribution in [1.29, 1.82) is 0 Å². The number of benzene rings is 1. The van der Waals surface area contributed by atoms with Crippen molar-refractivity contribution in [1.82, 2.24) is 0 Å². The van der Waals surface area contributed by atoms with Gasteiger partial charge < -0.3 is 5.11 Å². The molecular formula is C12H18ClN3O. The van der Waals surface area contributed by atoms with Crippen LogP contribution in [0.1, 0.15) is 20.8 Å². The lowest BCUT2D eigenvalue weighted by Crippen LogP contribution is -2.27. The first-order valence-electron chi connectivity index (χ1n) is 5.46. The van der Waals surface area contributed by atoms with Crippen LogP contribution in [-0.2, 0) is 0 Å². The van der Waals surface area contributed by atoms with Gasteiger partial charge in [0.2, 0.25) is 0 Å². The average molecular weight is 256 g/mol. The third-order valence-electron chi connectivity index (χ3n) is 2.39. The quantitative estimate of drug-likeness (QED) is 0.639. The summed E-state index contributed by atoms with van der Waals surface area (Å²) in [5, 5.41) is 17.8. The second-order valence-electron chi connectivity index (χ2n) is 4.90. The SMILES string of the molecule is CC(C)(C)[C@H](CO)N=NNc1ccc(Cl)cc1. The summed E-state index contributed by atoms with van der Waals surface area (Å²) >= 11 is 5.76. The standard InChI is InChI=1S/C12H18ClN3O/c1-12(2,3)11(8-17)15-16-14-10-6-4-9(13)5-7-10/h4-7,11,17H,8H2,1-3H3,(H,14,15)/t11-/m0/s1. The molecule has 0 aromatic heterocycles. The van der Waals surface area contributed by atoms with Crippen LogP contribution in [0.5, 0.6) is 0 Å². The van der Waals surface area contributed by atoms with E-state index in [2.05, 4.69) is 15.8 Å². The normalized spacial score (nSPS) is 13.9. The fourth-order valence-electron chi connectivity index (χ4n) is 1.16. The van der Waals surface area contributed by atoms with Crippen LogP contribution in [0.25, 0.3) is 0 Å². The molecule has 0 radical (unpaired) electrons. The van der Waals surface area contributed by atoms with E-state index in [-0.39, 0.29) is 18.1 Å². The Labute approximate surface area is 107 Å². The molecule has 0 aliphatic carbocycles. The van der Waals surface area contributed by atoms with Crippen LogP contribution >= 0.6 is 11.6 Å². The first-order valence-corrected chi connectivity index (χ1v) is 5.83. The molecule has 0 spiro atoms. The van der Waals surface area contributed by atoms with Crippen LogP contribution < -0.4 is 5.43 Å². The van der Waals surface area contributed by atoms with Gasteiger partial charge in [-0.25, -0.2) is 0 Å². The van der Waals surface area contributed by atoms with Crippen molar-refractivity contribution in [2.45, 2.75) is 26.8 Å². The fraction of sp³-hybridized carbons (Fsp3) is 0.500. The van der Waals surface area contributed by atoms with E-state index in [0.29, 0.717) is 5.02 Å². The molecule has 4 nitrogen and oxygen atoms in total. The van der Waals surface area contributed by atoms with E-state index in [1.165, 1.54) is 0 Å². The summed E-state index contributed by atoms with van der Waals surface area (Å²) in [4.78, 5) is 0. The zero-order valence-corrected chi connectivity index (χ0v) is 11.1. The summed E-state index contributed by atoms with van der Waals surface area (Å²) in [5.74, 6) is 0. The van der Waals surface area contributed by atoms with Crippen LogP contribution in [0.3, 0.4) is 0 Å². The Hall–Kier alpha value is -1.13. The van der Waals surface area contributed by atoms with E-state index in [4.69, 9.17) is 11.6 Å². The predicted molar refractivity (Wildman–Crippen MR) is 70.3 cm³/mol. The Morgan fingerprint density at radius 3 is 2.35 bits per heavy atom. The topological polar surface area (TPSA) is 57.0 Å². The molecule has 0 aliphatic heterocycles. The maximum atomic E-state index is 9.20. The molecule has 2 N–H and O–H groups in total. The Balaban J connectivity index is 2.57. The molecule has 0 unspecified atom stereocenters. The summed E-state index contributed by atoms with van der Waals surface area (Å²) in [6, 6.07) is 6.94. The second-order valence-corrected chi connectivity index (χ2v) is 5.33. The highest BCUT2D eigenvalue weighted by Gasteiger charge is 2.23. The second kappa shape index (κ2) is 5.98. The number of halogens is 1. The molecule has 0 saturated heterocycles. The van der Waals surface area contributed by atoms with Gasteiger partial charge in [-0.05, 0) is 29.7 Å². The number of anilines is 1. The molecule has 0 amide bonds. The van der Waals surface area contributed by atoms with E-state index in [1.54, 1.807) is 12.1 Å². The van der Waals surface area contributed by atoms with Crippen molar-refractivity contribution in [2.75, 3.05) is 12.0 Å². The maximum absolute atomic E-state index is 9.20. The van der Waals surface area contributed by atoms with Gasteiger partial charge in [-0.2, -0.15) is 5.11 Å². The summed E-state index contributed by atoms with van der Waals surface area (Å²) in [6.07, 6.45) is 0. The van der Waals surface area contributed by atoms with Gasteiger partial charge in [-0.3, -0.25) is 5.43 Å². The van der Waals surface area contributed by atoms with E-state index < -0.39 is 0 Å². The van der Waals surface area contributed by atoms with Gasteiger partial charge in [0.1, 0.15) is 6.04 Å². The average Bonchev–Trinajstić information content (AvgIpc) is 2.25. The molecule has 1 aromatic rings. The van der Waals surface area contributed by atoms with E-state index in [0.717, 1.165) is 5.69 Å². The monoisotopic (exact) mass is 255 g/mol. The molecular weight excluding hydrogens is 238 g/mol. The minimum absolute atomic E-state index is 0.0186. The van der Waals surface area contributed by atoms with Gasteiger partial charge in [0, 0.05) is 5.02 Å². The fourth-order valence-corrected chi connectivity index (χ4v) is 1.29. The number of rotatable bonds is 4. The summed E-state index contributed by atoms with van der Waals surface area (Å²) in [6.45, 7) is 6.01. The number of hydrogen-bond acceptors (Lipinski definition) is 3. The Morgan fingerprint density at radius 2 is 1.88 bits per heavy atom. The molecule has 5 heteroatoms. The number of aliphatic hydroxyl groups excluding tert-OH is 1. The zero-order chi connectivity index (χ0) is 12.9. The minimum atomic E-state index is -0.220. The number of nitrogens with zero attached hydrogens (tertiary/aromatic N) is 2. The van der Waals surface area contributed by atoms with Crippen molar-refractivity contribution < 1.29 is 5.11 Å². The van der Waals surface area contributed by atoms with Crippen LogP contribution in [-0.4, -0.2) is 17.8 Å². The lowest BCUT2D eigenvalue weighted by atomic mass is 9.88. The summed E-state index contributed by atoms with van der Waals surface area (Å²) in [5.41, 5.74) is 3.50. The Morgan fingerprint density at radius 1 is 1.29 bits per heavy atom. The first-order chi connectivity index (χ1) is 7.93. The smallest absolute Gasteiger partial charge is 0.101 e. The molecule has 0 heterocycles. The molecule has 0 fully saturated rings. The first kappa shape index (κ1) is 13.9. The molecule has 1 atom stereocenters. The molecule has 0 aliphatic rings. The number of aliphatic hydroxyl groups is 1. The largest absolute Gasteiger partial charge is 0.394 e. The summed E-state index contributed by atoms with van der Waals surface area (Å²) in [7, 11) is 0. The maximum Gasteiger partial charge on any atom is 0.101 e. The Bertz CT molecular complexity index is 370. The van der Waals surface area contributed by atoms with E-state index >= 15 is 0 Å². The van der Waals surface area contributed by atoms with Crippen molar-refractivity contribution in [3.8, 4) is 0 Å². The van der Waals surface area contributed by atoms with Crippen LogP contribution in [0, 0.1) is 5.41 Å². The van der Waals surface area contributed by atoms with Crippen molar-refractivity contribution >= 4 is 17.3 Å². The number of nitrogens with one attached hydrogen (secondary N) is 1. The molecule has 17 heavy (non-hydrogen) atoms. The minimum Gasteiger partial charge on any atom is -0.394 e. The highest BCUT2D eigenvalue weighted by atomic mass is 35.5. The lowest BCUT2D eigenvalue weighted by Gasteiger charge is -2.23. The van der Waals surface area contributed by atoms with Crippen LogP contribution in [0.2, 0.25) is 5.02 Å². The number of hydrogen-bond donors (Lipinski definition) is 2. The highest BCUT2D eigenvalue weighted by molar-refractivity contribution is 6.30. The lowest BCUT2D eigenvalue weighted by molar-refractivity contribution is 0.185. The predicted octanol–water partition coefficient (Wildman–Crippen LogP) is 3.53. The molecule has 94 valence electrons. The van der Waals surface area contributed by atoms with Crippen molar-refractivity contribution in [3.05, 3.63) is 29.3 Å². The van der Waals surface area contributed by atoms with E-state index in [1.807, 2.05) is 32.9 Å². The van der Waals surface area contributed by atoms with Crippen LogP contribution in [0.15, 0.2) is 34.6 Å². The molecule has 0 bridgehead atoms. The van der Waals surface area contributed by atoms with Gasteiger partial charge in [0.25, 0.3) is 0 Å². The van der Waals surface area contributed by atoms with Crippen molar-refractivity contribution in [2.24, 2.45) is 15.8 Å². The van der Waals surface area contributed by atoms with Crippen LogP contribution in [0.4, 0.5) is 5.69 Å². The molecule has 1 rings (SSSR count). The highest BCUT2D eigenvalue weighted by Crippen LogP contribution is 2.22. The van der Waals surface area contributed by atoms with Gasteiger partial charge in [0.05, 0.1) is 12.3 Å². The third-order valence-corrected chi connectivity index (χ3v) is 2.65. The van der Waals surface area contributed by atoms with Gasteiger partial charge >= 0.3 is 0 Å². The molecule has 0 saturated carbocycles. The third kappa shape index (κ3) is 4.71. The van der Waals surface area contributed by atoms with Gasteiger partial charge in [-0.1, -0.05) is 37.6 Å².